The summed E-state index contributed by atoms with van der Waals surface area (Å²) in [5.74, 6) is -0.292. The normalized spacial score (nSPS) is 17.9. The lowest BCUT2D eigenvalue weighted by atomic mass is 10.1. The van der Waals surface area contributed by atoms with Crippen LogP contribution in [0, 0.1) is 0 Å². The zero-order valence-electron chi connectivity index (χ0n) is 14.1. The van der Waals surface area contributed by atoms with E-state index < -0.39 is 0 Å². The topological polar surface area (TPSA) is 42.4 Å². The number of hydrogen-bond donors (Lipinski definition) is 0. The molecule has 128 valence electrons. The summed E-state index contributed by atoms with van der Waals surface area (Å²) in [6, 6.07) is 16.4. The van der Waals surface area contributed by atoms with Gasteiger partial charge in [-0.2, -0.15) is 0 Å². The van der Waals surface area contributed by atoms with E-state index in [0.29, 0.717) is 11.6 Å². The summed E-state index contributed by atoms with van der Waals surface area (Å²) in [5, 5.41) is 1.21. The minimum atomic E-state index is -0.292. The summed E-state index contributed by atoms with van der Waals surface area (Å²) < 4.78 is 6.01. The van der Waals surface area contributed by atoms with Crippen molar-refractivity contribution in [3.8, 4) is 0 Å². The summed E-state index contributed by atoms with van der Waals surface area (Å²) in [4.78, 5) is 18.9. The van der Waals surface area contributed by atoms with Crippen LogP contribution in [-0.2, 0) is 11.3 Å². The molecule has 2 aromatic carbocycles. The first-order valence-corrected chi connectivity index (χ1v) is 9.33. The fraction of sp³-hybridized carbons (Fsp3) is 0.300. The first kappa shape index (κ1) is 16.2. The van der Waals surface area contributed by atoms with Crippen molar-refractivity contribution in [2.45, 2.75) is 25.4 Å². The maximum Gasteiger partial charge on any atom is 0.337 e. The number of aromatic nitrogens is 1. The number of esters is 1. The zero-order valence-corrected chi connectivity index (χ0v) is 15.0. The van der Waals surface area contributed by atoms with Gasteiger partial charge in [-0.15, -0.1) is 11.3 Å². The van der Waals surface area contributed by atoms with E-state index in [0.717, 1.165) is 25.0 Å². The maximum absolute atomic E-state index is 11.6. The number of fused-ring (bicyclic) bond motifs is 1. The predicted molar refractivity (Wildman–Crippen MR) is 99.8 cm³/mol. The molecule has 1 saturated heterocycles. The number of ether oxygens (including phenoxy) is 1. The molecule has 4 nitrogen and oxygen atoms in total. The van der Waals surface area contributed by atoms with E-state index in [-0.39, 0.29) is 5.97 Å². The Labute approximate surface area is 151 Å². The molecule has 1 aromatic heterocycles. The number of thiazole rings is 1. The molecule has 0 spiro atoms. The van der Waals surface area contributed by atoms with E-state index in [2.05, 4.69) is 23.1 Å². The SMILES string of the molecule is COC(=O)c1ccc(CN2CCCC2c2nc3ccccc3s2)cc1. The Morgan fingerprint density at radius 1 is 1.24 bits per heavy atom. The van der Waals surface area contributed by atoms with Crippen LogP contribution in [0.4, 0.5) is 0 Å². The summed E-state index contributed by atoms with van der Waals surface area (Å²) in [5.41, 5.74) is 2.90. The molecule has 1 atom stereocenters. The van der Waals surface area contributed by atoms with Crippen LogP contribution in [0.15, 0.2) is 48.5 Å². The average molecular weight is 352 g/mol. The average Bonchev–Trinajstić information content (AvgIpc) is 3.27. The van der Waals surface area contributed by atoms with E-state index in [1.165, 1.54) is 28.8 Å². The summed E-state index contributed by atoms with van der Waals surface area (Å²) in [6.07, 6.45) is 2.35. The second kappa shape index (κ2) is 6.94. The van der Waals surface area contributed by atoms with Crippen LogP contribution in [0.5, 0.6) is 0 Å². The summed E-state index contributed by atoms with van der Waals surface area (Å²) in [6.45, 7) is 1.96. The van der Waals surface area contributed by atoms with Crippen LogP contribution in [-0.4, -0.2) is 29.5 Å². The number of rotatable bonds is 4. The lowest BCUT2D eigenvalue weighted by Crippen LogP contribution is -2.22. The van der Waals surface area contributed by atoms with E-state index in [1.807, 2.05) is 30.3 Å². The molecule has 0 saturated carbocycles. The van der Waals surface area contributed by atoms with Gasteiger partial charge in [0.05, 0.1) is 28.9 Å². The second-order valence-electron chi connectivity index (χ2n) is 6.34. The quantitative estimate of drug-likeness (QED) is 0.652. The fourth-order valence-electron chi connectivity index (χ4n) is 3.43. The number of likely N-dealkylation sites (tertiary alicyclic amines) is 1. The highest BCUT2D eigenvalue weighted by Crippen LogP contribution is 2.37. The van der Waals surface area contributed by atoms with Crippen molar-refractivity contribution in [2.75, 3.05) is 13.7 Å². The Morgan fingerprint density at radius 3 is 2.80 bits per heavy atom. The molecule has 1 aliphatic heterocycles. The lowest BCUT2D eigenvalue weighted by Gasteiger charge is -2.22. The summed E-state index contributed by atoms with van der Waals surface area (Å²) in [7, 11) is 1.41. The van der Waals surface area contributed by atoms with Gasteiger partial charge in [-0.25, -0.2) is 9.78 Å². The molecule has 4 rings (SSSR count). The van der Waals surface area contributed by atoms with Crippen molar-refractivity contribution in [3.63, 3.8) is 0 Å². The van der Waals surface area contributed by atoms with Gasteiger partial charge in [-0.3, -0.25) is 4.90 Å². The summed E-state index contributed by atoms with van der Waals surface area (Å²) >= 11 is 1.80. The van der Waals surface area contributed by atoms with E-state index in [9.17, 15) is 4.79 Å². The van der Waals surface area contributed by atoms with Crippen molar-refractivity contribution in [1.82, 2.24) is 9.88 Å². The smallest absolute Gasteiger partial charge is 0.337 e. The van der Waals surface area contributed by atoms with Crippen molar-refractivity contribution in [3.05, 3.63) is 64.7 Å². The van der Waals surface area contributed by atoms with Gasteiger partial charge >= 0.3 is 5.97 Å². The third-order valence-electron chi connectivity index (χ3n) is 4.72. The molecule has 0 N–H and O–H groups in total. The highest BCUT2D eigenvalue weighted by Gasteiger charge is 2.28. The molecular weight excluding hydrogens is 332 g/mol. The molecule has 1 aliphatic rings. The Bertz CT molecular complexity index is 855. The Morgan fingerprint density at radius 2 is 2.04 bits per heavy atom. The molecule has 0 radical (unpaired) electrons. The molecule has 3 aromatic rings. The molecular formula is C20H20N2O2S. The predicted octanol–water partition coefficient (Wildman–Crippen LogP) is 4.42. The van der Waals surface area contributed by atoms with Gasteiger partial charge < -0.3 is 4.74 Å². The largest absolute Gasteiger partial charge is 0.465 e. The van der Waals surface area contributed by atoms with Crippen molar-refractivity contribution in [1.29, 1.82) is 0 Å². The monoisotopic (exact) mass is 352 g/mol. The highest BCUT2D eigenvalue weighted by molar-refractivity contribution is 7.18. The molecule has 2 heterocycles. The Kier molecular flexibility index (Phi) is 4.51. The van der Waals surface area contributed by atoms with Crippen LogP contribution in [0.2, 0.25) is 0 Å². The van der Waals surface area contributed by atoms with Gasteiger partial charge in [0, 0.05) is 6.54 Å². The van der Waals surface area contributed by atoms with Crippen molar-refractivity contribution >= 4 is 27.5 Å². The van der Waals surface area contributed by atoms with Crippen molar-refractivity contribution < 1.29 is 9.53 Å². The minimum absolute atomic E-state index is 0.292. The van der Waals surface area contributed by atoms with Gasteiger partial charge in [0.1, 0.15) is 5.01 Å². The Hall–Kier alpha value is -2.24. The number of hydrogen-bond acceptors (Lipinski definition) is 5. The van der Waals surface area contributed by atoms with Crippen LogP contribution < -0.4 is 0 Å². The first-order chi connectivity index (χ1) is 12.2. The molecule has 0 amide bonds. The number of nitrogens with zero attached hydrogens (tertiary/aromatic N) is 2. The molecule has 25 heavy (non-hydrogen) atoms. The van der Waals surface area contributed by atoms with Gasteiger partial charge in [-0.05, 0) is 49.2 Å². The highest BCUT2D eigenvalue weighted by atomic mass is 32.1. The van der Waals surface area contributed by atoms with Crippen LogP contribution in [0.1, 0.15) is 39.8 Å². The van der Waals surface area contributed by atoms with Gasteiger partial charge in [0.2, 0.25) is 0 Å². The van der Waals surface area contributed by atoms with Crippen LogP contribution in [0.3, 0.4) is 0 Å². The van der Waals surface area contributed by atoms with E-state index in [4.69, 9.17) is 9.72 Å². The number of carbonyl (C=O) groups excluding carboxylic acids is 1. The molecule has 0 bridgehead atoms. The minimum Gasteiger partial charge on any atom is -0.465 e. The van der Waals surface area contributed by atoms with E-state index in [1.54, 1.807) is 11.3 Å². The third-order valence-corrected chi connectivity index (χ3v) is 5.86. The number of para-hydroxylation sites is 1. The molecule has 1 fully saturated rings. The van der Waals surface area contributed by atoms with Crippen LogP contribution >= 0.6 is 11.3 Å². The first-order valence-electron chi connectivity index (χ1n) is 8.51. The van der Waals surface area contributed by atoms with E-state index >= 15 is 0 Å². The van der Waals surface area contributed by atoms with Crippen LogP contribution in [0.25, 0.3) is 10.2 Å². The second-order valence-corrected chi connectivity index (χ2v) is 7.40. The number of benzene rings is 2. The third kappa shape index (κ3) is 3.30. The van der Waals surface area contributed by atoms with Gasteiger partial charge in [-0.1, -0.05) is 24.3 Å². The van der Waals surface area contributed by atoms with Crippen molar-refractivity contribution in [2.24, 2.45) is 0 Å². The molecule has 1 unspecified atom stereocenters. The zero-order chi connectivity index (χ0) is 17.2. The maximum atomic E-state index is 11.6. The van der Waals surface area contributed by atoms with Gasteiger partial charge in [0.15, 0.2) is 0 Å². The Balaban J connectivity index is 1.52. The lowest BCUT2D eigenvalue weighted by molar-refractivity contribution is 0.0600. The fourth-order valence-corrected chi connectivity index (χ4v) is 4.56. The number of methoxy groups -OCH3 is 1. The number of carbonyl (C=O) groups is 1. The standard InChI is InChI=1S/C20H20N2O2S/c1-24-20(23)15-10-8-14(9-11-15)13-22-12-4-6-17(22)19-21-16-5-2-3-7-18(16)25-19/h2-3,5,7-11,17H,4,6,12-13H2,1H3. The molecule has 0 aliphatic carbocycles. The van der Waals surface area contributed by atoms with Gasteiger partial charge in [0.25, 0.3) is 0 Å². The molecule has 5 heteroatoms.